The Hall–Kier alpha value is -4.47. The number of anilines is 1. The topological polar surface area (TPSA) is 105 Å². The number of benzene rings is 3. The van der Waals surface area contributed by atoms with E-state index in [-0.39, 0.29) is 10.9 Å². The molecule has 5 aromatic rings. The van der Waals surface area contributed by atoms with Crippen molar-refractivity contribution in [2.24, 2.45) is 0 Å². The van der Waals surface area contributed by atoms with Crippen LogP contribution in [0.25, 0.3) is 44.0 Å². The van der Waals surface area contributed by atoms with Gasteiger partial charge >= 0.3 is 11.6 Å². The van der Waals surface area contributed by atoms with Crippen molar-refractivity contribution >= 4 is 44.6 Å². The van der Waals surface area contributed by atoms with Crippen LogP contribution in [0.4, 0.5) is 5.69 Å². The predicted molar refractivity (Wildman–Crippen MR) is 185 cm³/mol. The summed E-state index contributed by atoms with van der Waals surface area (Å²) in [6.07, 6.45) is 2.64. The van der Waals surface area contributed by atoms with E-state index >= 15 is 0 Å². The summed E-state index contributed by atoms with van der Waals surface area (Å²) in [6, 6.07) is 18.2. The van der Waals surface area contributed by atoms with Gasteiger partial charge in [-0.1, -0.05) is 44.9 Å². The first kappa shape index (κ1) is 34.4. The number of fused-ring (bicyclic) bond motifs is 4. The van der Waals surface area contributed by atoms with Gasteiger partial charge in [0, 0.05) is 56.1 Å². The van der Waals surface area contributed by atoms with E-state index in [2.05, 4.69) is 35.0 Å². The maximum atomic E-state index is 13.6. The van der Waals surface area contributed by atoms with Gasteiger partial charge in [-0.3, -0.25) is 0 Å². The van der Waals surface area contributed by atoms with Crippen LogP contribution in [0.2, 0.25) is 0 Å². The Morgan fingerprint density at radius 3 is 2.20 bits per heavy atom. The van der Waals surface area contributed by atoms with Gasteiger partial charge < -0.3 is 28.3 Å². The number of ether oxygens (including phenoxy) is 2. The van der Waals surface area contributed by atoms with Crippen LogP contribution in [0, 0.1) is 0 Å². The summed E-state index contributed by atoms with van der Waals surface area (Å²) in [5.41, 5.74) is 2.70. The minimum Gasteiger partial charge on any atom is -0.478 e. The first-order chi connectivity index (χ1) is 22.3. The number of hydrogen-bond acceptors (Lipinski definition) is 7. The quantitative estimate of drug-likeness (QED) is 0.0949. The standard InChI is InChI=1S/C30H26N2O6.C4H10.C3H8O/c1-3-31(2)18-8-10-22-24(16-18)37-28-23-11-9-19(32-12-14-36-15-13-32)17-25(23)38-30(35)27(28)26(22)20-6-4-5-7-21(20)29(33)34;2*1-3-4-2/h4-11,16-17H,3,12-15H2,1-2H3;3-4H2,1-2H3;3H2,1-2H3/p+1. The molecule has 1 aliphatic heterocycles. The number of morpholine rings is 1. The summed E-state index contributed by atoms with van der Waals surface area (Å²) < 4.78 is 24.5. The third-order valence-corrected chi connectivity index (χ3v) is 8.05. The molecule has 1 saturated heterocycles. The lowest BCUT2D eigenvalue weighted by atomic mass is 9.93. The Kier molecular flexibility index (Phi) is 12.1. The number of aromatic carboxylic acids is 1. The van der Waals surface area contributed by atoms with Gasteiger partial charge in [-0.05, 0) is 43.7 Å². The average Bonchev–Trinajstić information content (AvgIpc) is 3.10. The first-order valence-electron chi connectivity index (χ1n) is 15.9. The molecule has 244 valence electrons. The number of unbranched alkanes of at least 4 members (excludes halogenated alkanes) is 1. The van der Waals surface area contributed by atoms with Crippen molar-refractivity contribution in [3.05, 3.63) is 82.0 Å². The van der Waals surface area contributed by atoms with E-state index in [1.165, 1.54) is 18.9 Å². The van der Waals surface area contributed by atoms with Crippen LogP contribution in [-0.4, -0.2) is 64.7 Å². The van der Waals surface area contributed by atoms with Crippen LogP contribution in [0.3, 0.4) is 0 Å². The Bertz CT molecular complexity index is 1920. The molecular weight excluding hydrogens is 584 g/mol. The fraction of sp³-hybridized carbons (Fsp3) is 0.378. The van der Waals surface area contributed by atoms with Crippen molar-refractivity contribution < 1.29 is 28.2 Å². The van der Waals surface area contributed by atoms with Crippen molar-refractivity contribution in [2.75, 3.05) is 58.5 Å². The van der Waals surface area contributed by atoms with Crippen LogP contribution < -0.4 is 20.5 Å². The van der Waals surface area contributed by atoms with Crippen LogP contribution in [0.15, 0.2) is 74.3 Å². The lowest BCUT2D eigenvalue weighted by molar-refractivity contribution is 0.0697. The molecule has 9 nitrogen and oxygen atoms in total. The molecule has 9 heteroatoms. The molecule has 1 aliphatic rings. The SMILES string of the molecule is CCCC.CCN(C)c1ccc2c(-c3ccccc3C(=O)O)c3c(=O)oc4cc(=[N+]5CCOCC5)ccc4c3oc2c1.CCOC. The number of methoxy groups -OCH3 is 1. The number of carboxylic acid groups (broad SMARTS) is 1. The zero-order chi connectivity index (χ0) is 33.2. The zero-order valence-corrected chi connectivity index (χ0v) is 27.7. The lowest BCUT2D eigenvalue weighted by Crippen LogP contribution is -2.39. The van der Waals surface area contributed by atoms with Crippen LogP contribution >= 0.6 is 0 Å². The molecule has 2 aromatic heterocycles. The van der Waals surface area contributed by atoms with E-state index < -0.39 is 11.6 Å². The summed E-state index contributed by atoms with van der Waals surface area (Å²) in [7, 11) is 3.67. The third-order valence-electron chi connectivity index (χ3n) is 8.05. The summed E-state index contributed by atoms with van der Waals surface area (Å²) in [5, 5.41) is 12.4. The van der Waals surface area contributed by atoms with Gasteiger partial charge in [-0.15, -0.1) is 0 Å². The van der Waals surface area contributed by atoms with Crippen molar-refractivity contribution in [1.82, 2.24) is 4.58 Å². The van der Waals surface area contributed by atoms with Crippen LogP contribution in [0.5, 0.6) is 0 Å². The second kappa shape index (κ2) is 16.2. The van der Waals surface area contributed by atoms with E-state index in [1.807, 2.05) is 50.4 Å². The molecule has 46 heavy (non-hydrogen) atoms. The number of nitrogens with zero attached hydrogens (tertiary/aromatic N) is 2. The van der Waals surface area contributed by atoms with Crippen molar-refractivity contribution in [1.29, 1.82) is 0 Å². The number of carboxylic acids is 1. The second-order valence-electron chi connectivity index (χ2n) is 11.0. The second-order valence-corrected chi connectivity index (χ2v) is 11.0. The smallest absolute Gasteiger partial charge is 0.348 e. The van der Waals surface area contributed by atoms with E-state index in [1.54, 1.807) is 25.3 Å². The molecule has 0 amide bonds. The summed E-state index contributed by atoms with van der Waals surface area (Å²) in [6.45, 7) is 12.8. The molecule has 0 saturated carbocycles. The highest BCUT2D eigenvalue weighted by Crippen LogP contribution is 2.39. The maximum Gasteiger partial charge on any atom is 0.348 e. The van der Waals surface area contributed by atoms with Crippen molar-refractivity contribution in [3.63, 3.8) is 0 Å². The predicted octanol–water partition coefficient (Wildman–Crippen LogP) is 6.78. The summed E-state index contributed by atoms with van der Waals surface area (Å²) >= 11 is 0. The van der Waals surface area contributed by atoms with Gasteiger partial charge in [0.05, 0.1) is 17.0 Å². The van der Waals surface area contributed by atoms with Gasteiger partial charge in [-0.2, -0.15) is 0 Å². The first-order valence-corrected chi connectivity index (χ1v) is 15.9. The van der Waals surface area contributed by atoms with Crippen molar-refractivity contribution in [2.45, 2.75) is 40.5 Å². The minimum absolute atomic E-state index is 0.0956. The molecule has 0 radical (unpaired) electrons. The molecular formula is C37H45N2O7+. The zero-order valence-electron chi connectivity index (χ0n) is 27.7. The minimum atomic E-state index is -1.08. The van der Waals surface area contributed by atoms with Gasteiger partial charge in [-0.25, -0.2) is 14.2 Å². The highest BCUT2D eigenvalue weighted by molar-refractivity contribution is 6.16. The Morgan fingerprint density at radius 2 is 1.57 bits per heavy atom. The average molecular weight is 630 g/mol. The summed E-state index contributed by atoms with van der Waals surface area (Å²) in [4.78, 5) is 27.9. The Balaban J connectivity index is 0.000000541. The molecule has 0 unspecified atom stereocenters. The molecule has 0 bridgehead atoms. The Morgan fingerprint density at radius 1 is 0.913 bits per heavy atom. The third kappa shape index (κ3) is 7.49. The Labute approximate surface area is 269 Å². The lowest BCUT2D eigenvalue weighted by Gasteiger charge is -2.18. The highest BCUT2D eigenvalue weighted by atomic mass is 16.5. The van der Waals surface area contributed by atoms with E-state index in [4.69, 9.17) is 13.6 Å². The number of rotatable bonds is 6. The monoisotopic (exact) mass is 629 g/mol. The molecule has 0 spiro atoms. The number of hydrogen-bond donors (Lipinski definition) is 1. The fourth-order valence-corrected chi connectivity index (χ4v) is 5.14. The highest BCUT2D eigenvalue weighted by Gasteiger charge is 2.23. The number of carbonyl (C=O) groups is 1. The van der Waals surface area contributed by atoms with E-state index in [0.717, 1.165) is 37.3 Å². The van der Waals surface area contributed by atoms with Gasteiger partial charge in [0.15, 0.2) is 18.7 Å². The molecule has 3 heterocycles. The molecule has 6 rings (SSSR count). The van der Waals surface area contributed by atoms with E-state index in [0.29, 0.717) is 51.9 Å². The maximum absolute atomic E-state index is 13.6. The molecule has 0 aliphatic carbocycles. The van der Waals surface area contributed by atoms with Gasteiger partial charge in [0.25, 0.3) is 0 Å². The van der Waals surface area contributed by atoms with Gasteiger partial charge in [0.1, 0.15) is 29.8 Å². The molecule has 3 aromatic carbocycles. The fourth-order valence-electron chi connectivity index (χ4n) is 5.14. The largest absolute Gasteiger partial charge is 0.478 e. The van der Waals surface area contributed by atoms with Crippen LogP contribution in [0.1, 0.15) is 50.9 Å². The van der Waals surface area contributed by atoms with Crippen molar-refractivity contribution in [3.8, 4) is 11.1 Å². The summed E-state index contributed by atoms with van der Waals surface area (Å²) in [5.74, 6) is -1.08. The van der Waals surface area contributed by atoms with E-state index in [9.17, 15) is 14.7 Å². The molecule has 1 N–H and O–H groups in total. The molecule has 1 fully saturated rings. The molecule has 0 atom stereocenters. The normalized spacial score (nSPS) is 12.8. The van der Waals surface area contributed by atoms with Gasteiger partial charge in [0.2, 0.25) is 5.36 Å². The van der Waals surface area contributed by atoms with Crippen LogP contribution in [-0.2, 0) is 9.47 Å².